The Kier molecular flexibility index (Phi) is 4.95. The van der Waals surface area contributed by atoms with E-state index < -0.39 is 4.92 Å². The molecule has 0 bridgehead atoms. The highest BCUT2D eigenvalue weighted by Crippen LogP contribution is 2.31. The number of benzene rings is 1. The van der Waals surface area contributed by atoms with Crippen molar-refractivity contribution >= 4 is 5.69 Å². The molecule has 0 heterocycles. The summed E-state index contributed by atoms with van der Waals surface area (Å²) in [4.78, 5) is 10.6. The Bertz CT molecular complexity index is 475. The van der Waals surface area contributed by atoms with E-state index in [4.69, 9.17) is 4.74 Å². The van der Waals surface area contributed by atoms with Crippen LogP contribution in [-0.4, -0.2) is 23.2 Å². The highest BCUT2D eigenvalue weighted by Gasteiger charge is 2.23. The molecular weight excluding hydrogens is 258 g/mol. The van der Waals surface area contributed by atoms with Crippen molar-refractivity contribution in [3.63, 3.8) is 0 Å². The lowest BCUT2D eigenvalue weighted by Crippen LogP contribution is -2.21. The van der Waals surface area contributed by atoms with Crippen molar-refractivity contribution < 1.29 is 14.8 Å². The molecule has 1 aromatic carbocycles. The highest BCUT2D eigenvalue weighted by molar-refractivity contribution is 5.48. The summed E-state index contributed by atoms with van der Waals surface area (Å²) in [6, 6.07) is 5.05. The Labute approximate surface area is 118 Å². The van der Waals surface area contributed by atoms with Gasteiger partial charge in [-0.05, 0) is 36.8 Å². The molecule has 1 N–H and O–H groups in total. The van der Waals surface area contributed by atoms with Gasteiger partial charge in [0.05, 0.1) is 18.1 Å². The second-order valence-corrected chi connectivity index (χ2v) is 5.43. The van der Waals surface area contributed by atoms with Crippen LogP contribution in [0.3, 0.4) is 0 Å². The van der Waals surface area contributed by atoms with Gasteiger partial charge in [0.2, 0.25) is 0 Å². The number of nitro benzene ring substituents is 1. The third-order valence-corrected chi connectivity index (χ3v) is 4.06. The molecule has 0 aromatic heterocycles. The average Bonchev–Trinajstić information content (AvgIpc) is 2.64. The minimum Gasteiger partial charge on any atom is -0.490 e. The third kappa shape index (κ3) is 3.48. The second kappa shape index (κ2) is 6.70. The standard InChI is InChI=1S/C15H21NO4/c1-20-15-8-7-11(10-13(15)16(18)19)9-12-5-3-2-4-6-14(12)17/h7-8,10,12,14,17H,2-6,9H2,1H3. The van der Waals surface area contributed by atoms with Crippen LogP contribution in [0.5, 0.6) is 5.75 Å². The highest BCUT2D eigenvalue weighted by atomic mass is 16.6. The molecule has 1 aliphatic rings. The molecule has 2 atom stereocenters. The van der Waals surface area contributed by atoms with Crippen molar-refractivity contribution in [2.24, 2.45) is 5.92 Å². The lowest BCUT2D eigenvalue weighted by molar-refractivity contribution is -0.385. The van der Waals surface area contributed by atoms with Crippen LogP contribution in [0.25, 0.3) is 0 Å². The predicted molar refractivity (Wildman–Crippen MR) is 75.9 cm³/mol. The van der Waals surface area contributed by atoms with Crippen molar-refractivity contribution in [1.29, 1.82) is 0 Å². The van der Waals surface area contributed by atoms with Crippen LogP contribution in [-0.2, 0) is 6.42 Å². The summed E-state index contributed by atoms with van der Waals surface area (Å²) in [7, 11) is 1.43. The van der Waals surface area contributed by atoms with Gasteiger partial charge in [-0.1, -0.05) is 25.3 Å². The van der Waals surface area contributed by atoms with Gasteiger partial charge in [0, 0.05) is 6.07 Å². The number of nitrogens with zero attached hydrogens (tertiary/aromatic N) is 1. The summed E-state index contributed by atoms with van der Waals surface area (Å²) in [5.74, 6) is 0.477. The summed E-state index contributed by atoms with van der Waals surface area (Å²) >= 11 is 0. The number of aliphatic hydroxyl groups is 1. The lowest BCUT2D eigenvalue weighted by Gasteiger charge is -2.20. The molecule has 1 saturated carbocycles. The molecule has 0 aliphatic heterocycles. The smallest absolute Gasteiger partial charge is 0.311 e. The fraction of sp³-hybridized carbons (Fsp3) is 0.600. The van der Waals surface area contributed by atoms with E-state index in [1.807, 2.05) is 6.07 Å². The maximum absolute atomic E-state index is 11.0. The van der Waals surface area contributed by atoms with Gasteiger partial charge in [-0.3, -0.25) is 10.1 Å². The minimum atomic E-state index is -0.425. The number of ether oxygens (including phenoxy) is 1. The number of rotatable bonds is 4. The minimum absolute atomic E-state index is 0.00638. The van der Waals surface area contributed by atoms with E-state index in [0.717, 1.165) is 37.7 Å². The fourth-order valence-electron chi connectivity index (χ4n) is 2.91. The van der Waals surface area contributed by atoms with Crippen LogP contribution in [0, 0.1) is 16.0 Å². The van der Waals surface area contributed by atoms with Gasteiger partial charge in [0.15, 0.2) is 5.75 Å². The van der Waals surface area contributed by atoms with Gasteiger partial charge < -0.3 is 9.84 Å². The first kappa shape index (κ1) is 14.8. The molecule has 1 fully saturated rings. The number of methoxy groups -OCH3 is 1. The van der Waals surface area contributed by atoms with Gasteiger partial charge in [0.1, 0.15) is 0 Å². The molecule has 110 valence electrons. The van der Waals surface area contributed by atoms with Crippen LogP contribution in [0.2, 0.25) is 0 Å². The Morgan fingerprint density at radius 2 is 2.10 bits per heavy atom. The monoisotopic (exact) mass is 279 g/mol. The summed E-state index contributed by atoms with van der Waals surface area (Å²) in [5, 5.41) is 21.2. The summed E-state index contributed by atoms with van der Waals surface area (Å²) in [6.07, 6.45) is 5.57. The van der Waals surface area contributed by atoms with Gasteiger partial charge in [-0.15, -0.1) is 0 Å². The van der Waals surface area contributed by atoms with Crippen LogP contribution >= 0.6 is 0 Å². The number of aliphatic hydroxyl groups excluding tert-OH is 1. The van der Waals surface area contributed by atoms with Crippen LogP contribution in [0.4, 0.5) is 5.69 Å². The number of hydrogen-bond acceptors (Lipinski definition) is 4. The summed E-state index contributed by atoms with van der Waals surface area (Å²) < 4.78 is 5.00. The van der Waals surface area contributed by atoms with Crippen molar-refractivity contribution in [2.75, 3.05) is 7.11 Å². The van der Waals surface area contributed by atoms with Crippen molar-refractivity contribution in [2.45, 2.75) is 44.6 Å². The molecule has 5 heteroatoms. The average molecular weight is 279 g/mol. The molecule has 5 nitrogen and oxygen atoms in total. The number of hydrogen-bond donors (Lipinski definition) is 1. The Morgan fingerprint density at radius 3 is 2.80 bits per heavy atom. The topological polar surface area (TPSA) is 72.6 Å². The van der Waals surface area contributed by atoms with Gasteiger partial charge in [-0.2, -0.15) is 0 Å². The molecule has 1 aromatic rings. The SMILES string of the molecule is COc1ccc(CC2CCCCCC2O)cc1[N+](=O)[O-]. The first-order valence-electron chi connectivity index (χ1n) is 7.11. The fourth-order valence-corrected chi connectivity index (χ4v) is 2.91. The molecule has 1 aliphatic carbocycles. The van der Waals surface area contributed by atoms with Crippen molar-refractivity contribution in [3.05, 3.63) is 33.9 Å². The van der Waals surface area contributed by atoms with E-state index in [9.17, 15) is 15.2 Å². The van der Waals surface area contributed by atoms with E-state index in [1.54, 1.807) is 12.1 Å². The van der Waals surface area contributed by atoms with Gasteiger partial charge in [-0.25, -0.2) is 0 Å². The van der Waals surface area contributed by atoms with E-state index in [2.05, 4.69) is 0 Å². The second-order valence-electron chi connectivity index (χ2n) is 5.43. The summed E-state index contributed by atoms with van der Waals surface area (Å²) in [5.41, 5.74) is 0.886. The Balaban J connectivity index is 2.16. The largest absolute Gasteiger partial charge is 0.490 e. The van der Waals surface area contributed by atoms with Crippen LogP contribution in [0.1, 0.15) is 37.7 Å². The van der Waals surface area contributed by atoms with Gasteiger partial charge >= 0.3 is 5.69 Å². The normalized spacial score (nSPS) is 23.1. The van der Waals surface area contributed by atoms with Gasteiger partial charge in [0.25, 0.3) is 0 Å². The molecule has 0 spiro atoms. The first-order valence-corrected chi connectivity index (χ1v) is 7.11. The first-order chi connectivity index (χ1) is 9.61. The van der Waals surface area contributed by atoms with E-state index in [-0.39, 0.29) is 23.5 Å². The molecule has 0 saturated heterocycles. The van der Waals surface area contributed by atoms with E-state index >= 15 is 0 Å². The molecule has 0 radical (unpaired) electrons. The zero-order chi connectivity index (χ0) is 14.5. The molecular formula is C15H21NO4. The zero-order valence-corrected chi connectivity index (χ0v) is 11.7. The zero-order valence-electron chi connectivity index (χ0n) is 11.7. The van der Waals surface area contributed by atoms with E-state index in [1.165, 1.54) is 7.11 Å². The maximum atomic E-state index is 11.0. The Morgan fingerprint density at radius 1 is 1.35 bits per heavy atom. The third-order valence-electron chi connectivity index (χ3n) is 4.06. The molecule has 20 heavy (non-hydrogen) atoms. The Hall–Kier alpha value is -1.62. The van der Waals surface area contributed by atoms with Crippen molar-refractivity contribution in [1.82, 2.24) is 0 Å². The maximum Gasteiger partial charge on any atom is 0.311 e. The number of nitro groups is 1. The molecule has 2 unspecified atom stereocenters. The quantitative estimate of drug-likeness (QED) is 0.522. The van der Waals surface area contributed by atoms with Crippen LogP contribution < -0.4 is 4.74 Å². The predicted octanol–water partition coefficient (Wildman–Crippen LogP) is 3.09. The lowest BCUT2D eigenvalue weighted by atomic mass is 9.90. The summed E-state index contributed by atoms with van der Waals surface area (Å²) in [6.45, 7) is 0. The van der Waals surface area contributed by atoms with Crippen molar-refractivity contribution in [3.8, 4) is 5.75 Å². The van der Waals surface area contributed by atoms with E-state index in [0.29, 0.717) is 6.42 Å². The molecule has 2 rings (SSSR count). The van der Waals surface area contributed by atoms with Crippen LogP contribution in [0.15, 0.2) is 18.2 Å². The molecule has 0 amide bonds.